The first-order valence-electron chi connectivity index (χ1n) is 5.25. The second kappa shape index (κ2) is 4.70. The number of aromatic nitrogens is 2. The predicted octanol–water partition coefficient (Wildman–Crippen LogP) is 2.84. The van der Waals surface area contributed by atoms with Gasteiger partial charge in [0.2, 0.25) is 0 Å². The molecular weight excluding hydrogens is 266 g/mol. The van der Waals surface area contributed by atoms with Crippen LogP contribution >= 0.6 is 15.9 Å². The minimum atomic E-state index is 0.764. The van der Waals surface area contributed by atoms with Crippen molar-refractivity contribution in [2.45, 2.75) is 19.9 Å². The second-order valence-corrected chi connectivity index (χ2v) is 4.60. The van der Waals surface area contributed by atoms with Crippen molar-refractivity contribution in [3.05, 3.63) is 46.2 Å². The highest BCUT2D eigenvalue weighted by Crippen LogP contribution is 2.16. The van der Waals surface area contributed by atoms with Crippen LogP contribution in [-0.2, 0) is 13.0 Å². The lowest BCUT2D eigenvalue weighted by atomic mass is 10.2. The quantitative estimate of drug-likeness (QED) is 0.939. The summed E-state index contributed by atoms with van der Waals surface area (Å²) in [5.41, 5.74) is 8.93. The third-order valence-corrected chi connectivity index (χ3v) is 3.03. The zero-order valence-electron chi connectivity index (χ0n) is 9.15. The van der Waals surface area contributed by atoms with Crippen molar-refractivity contribution >= 4 is 21.6 Å². The van der Waals surface area contributed by atoms with E-state index in [1.165, 1.54) is 5.56 Å². The van der Waals surface area contributed by atoms with Crippen LogP contribution in [0.2, 0.25) is 0 Å². The molecule has 2 aromatic rings. The minimum Gasteiger partial charge on any atom is -0.396 e. The van der Waals surface area contributed by atoms with Crippen molar-refractivity contribution in [2.75, 3.05) is 5.73 Å². The number of benzene rings is 1. The highest BCUT2D eigenvalue weighted by Gasteiger charge is 2.06. The summed E-state index contributed by atoms with van der Waals surface area (Å²) in [4.78, 5) is 0. The average molecular weight is 280 g/mol. The zero-order valence-corrected chi connectivity index (χ0v) is 10.7. The molecule has 0 aliphatic rings. The van der Waals surface area contributed by atoms with Crippen molar-refractivity contribution in [3.8, 4) is 0 Å². The first-order valence-corrected chi connectivity index (χ1v) is 6.04. The van der Waals surface area contributed by atoms with Gasteiger partial charge in [-0.1, -0.05) is 35.0 Å². The molecule has 0 spiro atoms. The first kappa shape index (κ1) is 11.2. The normalized spacial score (nSPS) is 10.6. The molecule has 0 amide bonds. The third kappa shape index (κ3) is 2.27. The van der Waals surface area contributed by atoms with Gasteiger partial charge >= 0.3 is 0 Å². The maximum Gasteiger partial charge on any atom is 0.0733 e. The molecule has 0 unspecified atom stereocenters. The Labute approximate surface area is 103 Å². The number of hydrogen-bond acceptors (Lipinski definition) is 2. The van der Waals surface area contributed by atoms with Crippen molar-refractivity contribution in [1.82, 2.24) is 9.78 Å². The van der Waals surface area contributed by atoms with Crippen LogP contribution in [0.15, 0.2) is 34.9 Å². The number of nitrogens with zero attached hydrogens (tertiary/aromatic N) is 2. The monoisotopic (exact) mass is 279 g/mol. The molecule has 2 N–H and O–H groups in total. The van der Waals surface area contributed by atoms with Crippen LogP contribution in [0.5, 0.6) is 0 Å². The molecule has 3 nitrogen and oxygen atoms in total. The number of hydrogen-bond donors (Lipinski definition) is 1. The van der Waals surface area contributed by atoms with Crippen molar-refractivity contribution in [3.63, 3.8) is 0 Å². The van der Waals surface area contributed by atoms with Gasteiger partial charge in [-0.15, -0.1) is 0 Å². The van der Waals surface area contributed by atoms with Gasteiger partial charge in [-0.3, -0.25) is 4.68 Å². The van der Waals surface area contributed by atoms with Crippen LogP contribution in [0.3, 0.4) is 0 Å². The number of rotatable bonds is 3. The predicted molar refractivity (Wildman–Crippen MR) is 69.3 cm³/mol. The molecule has 1 aromatic carbocycles. The van der Waals surface area contributed by atoms with Gasteiger partial charge in [0.25, 0.3) is 0 Å². The van der Waals surface area contributed by atoms with E-state index in [4.69, 9.17) is 5.73 Å². The van der Waals surface area contributed by atoms with Crippen LogP contribution in [0.1, 0.15) is 18.2 Å². The maximum atomic E-state index is 5.84. The molecule has 0 saturated heterocycles. The summed E-state index contributed by atoms with van der Waals surface area (Å²) in [5.74, 6) is 0. The Morgan fingerprint density at radius 2 is 2.25 bits per heavy atom. The molecule has 0 saturated carbocycles. The van der Waals surface area contributed by atoms with Crippen LogP contribution in [0.4, 0.5) is 5.69 Å². The first-order chi connectivity index (χ1) is 7.70. The Morgan fingerprint density at radius 1 is 1.44 bits per heavy atom. The SMILES string of the molecule is CCc1c(N)cnn1Cc1cccc(Br)c1. The lowest BCUT2D eigenvalue weighted by Gasteiger charge is -2.07. The van der Waals surface area contributed by atoms with Gasteiger partial charge in [-0.25, -0.2) is 0 Å². The number of anilines is 1. The maximum absolute atomic E-state index is 5.84. The van der Waals surface area contributed by atoms with Crippen LogP contribution < -0.4 is 5.73 Å². The summed E-state index contributed by atoms with van der Waals surface area (Å²) >= 11 is 3.46. The number of nitrogen functional groups attached to an aromatic ring is 1. The second-order valence-electron chi connectivity index (χ2n) is 3.69. The molecule has 0 atom stereocenters. The van der Waals surface area contributed by atoms with E-state index in [9.17, 15) is 0 Å². The number of halogens is 1. The smallest absolute Gasteiger partial charge is 0.0733 e. The fourth-order valence-corrected chi connectivity index (χ4v) is 2.20. The van der Waals surface area contributed by atoms with Gasteiger partial charge in [-0.2, -0.15) is 5.10 Å². The summed E-state index contributed by atoms with van der Waals surface area (Å²) in [6.45, 7) is 2.85. The fourth-order valence-electron chi connectivity index (χ4n) is 1.76. The topological polar surface area (TPSA) is 43.8 Å². The van der Waals surface area contributed by atoms with Gasteiger partial charge in [0.15, 0.2) is 0 Å². The van der Waals surface area contributed by atoms with E-state index < -0.39 is 0 Å². The van der Waals surface area contributed by atoms with Crippen molar-refractivity contribution < 1.29 is 0 Å². The van der Waals surface area contributed by atoms with Crippen LogP contribution in [-0.4, -0.2) is 9.78 Å². The average Bonchev–Trinajstić information content (AvgIpc) is 2.59. The van der Waals surface area contributed by atoms with E-state index in [0.29, 0.717) is 0 Å². The molecule has 0 aliphatic carbocycles. The van der Waals surface area contributed by atoms with Gasteiger partial charge in [0.05, 0.1) is 24.1 Å². The minimum absolute atomic E-state index is 0.764. The van der Waals surface area contributed by atoms with E-state index in [0.717, 1.165) is 28.8 Å². The lowest BCUT2D eigenvalue weighted by molar-refractivity contribution is 0.650. The number of nitrogens with two attached hydrogens (primary N) is 1. The summed E-state index contributed by atoms with van der Waals surface area (Å²) in [6.07, 6.45) is 2.62. The Morgan fingerprint density at radius 3 is 2.94 bits per heavy atom. The largest absolute Gasteiger partial charge is 0.396 e. The lowest BCUT2D eigenvalue weighted by Crippen LogP contribution is -2.06. The van der Waals surface area contributed by atoms with E-state index >= 15 is 0 Å². The summed E-state index contributed by atoms with van der Waals surface area (Å²) in [5, 5.41) is 4.29. The highest BCUT2D eigenvalue weighted by atomic mass is 79.9. The van der Waals surface area contributed by atoms with Gasteiger partial charge in [0.1, 0.15) is 0 Å². The Hall–Kier alpha value is -1.29. The molecule has 4 heteroatoms. The van der Waals surface area contributed by atoms with E-state index in [1.807, 2.05) is 16.8 Å². The van der Waals surface area contributed by atoms with Crippen LogP contribution in [0, 0.1) is 0 Å². The van der Waals surface area contributed by atoms with E-state index in [2.05, 4.69) is 40.1 Å². The fraction of sp³-hybridized carbons (Fsp3) is 0.250. The molecule has 2 rings (SSSR count). The highest BCUT2D eigenvalue weighted by molar-refractivity contribution is 9.10. The van der Waals surface area contributed by atoms with E-state index in [-0.39, 0.29) is 0 Å². The molecule has 84 valence electrons. The van der Waals surface area contributed by atoms with Gasteiger partial charge in [-0.05, 0) is 24.1 Å². The standard InChI is InChI=1S/C12H14BrN3/c1-2-12-11(14)7-15-16(12)8-9-4-3-5-10(13)6-9/h3-7H,2,8,14H2,1H3. The molecule has 1 heterocycles. The van der Waals surface area contributed by atoms with Crippen molar-refractivity contribution in [1.29, 1.82) is 0 Å². The summed E-state index contributed by atoms with van der Waals surface area (Å²) in [6, 6.07) is 8.22. The Balaban J connectivity index is 2.27. The molecule has 0 radical (unpaired) electrons. The Bertz CT molecular complexity index is 491. The molecule has 0 aliphatic heterocycles. The molecular formula is C12H14BrN3. The summed E-state index contributed by atoms with van der Waals surface area (Å²) < 4.78 is 3.04. The van der Waals surface area contributed by atoms with Crippen LogP contribution in [0.25, 0.3) is 0 Å². The summed E-state index contributed by atoms with van der Waals surface area (Å²) in [7, 11) is 0. The zero-order chi connectivity index (χ0) is 11.5. The molecule has 16 heavy (non-hydrogen) atoms. The third-order valence-electron chi connectivity index (χ3n) is 2.54. The van der Waals surface area contributed by atoms with Crippen molar-refractivity contribution in [2.24, 2.45) is 0 Å². The molecule has 1 aromatic heterocycles. The molecule has 0 bridgehead atoms. The van der Waals surface area contributed by atoms with Gasteiger partial charge in [0, 0.05) is 4.47 Å². The molecule has 0 fully saturated rings. The Kier molecular flexibility index (Phi) is 3.29. The van der Waals surface area contributed by atoms with Gasteiger partial charge < -0.3 is 5.73 Å². The van der Waals surface area contributed by atoms with E-state index in [1.54, 1.807) is 6.20 Å².